The molecular weight excluding hydrogens is 478 g/mol. The van der Waals surface area contributed by atoms with Crippen LogP contribution >= 0.6 is 0 Å². The number of amides is 2. The molecule has 2 amide bonds. The number of nitrogens with zero attached hydrogens (tertiary/aromatic N) is 2. The van der Waals surface area contributed by atoms with Crippen molar-refractivity contribution < 1.29 is 19.1 Å². The first-order valence-corrected chi connectivity index (χ1v) is 11.8. The van der Waals surface area contributed by atoms with E-state index in [-0.39, 0.29) is 31.8 Å². The smallest absolute Gasteiger partial charge is 0.328 e. The Morgan fingerprint density at radius 3 is 2.54 bits per heavy atom. The molecule has 1 aromatic carbocycles. The number of benzene rings is 1. The normalized spacial score (nSPS) is 13.4. The Kier molecular flexibility index (Phi) is 9.61. The minimum absolute atomic E-state index is 0.0633. The van der Waals surface area contributed by atoms with E-state index in [1.165, 1.54) is 13.4 Å². The van der Waals surface area contributed by atoms with Gasteiger partial charge in [0.05, 0.1) is 19.5 Å². The molecule has 0 aliphatic carbocycles. The second-order valence-corrected chi connectivity index (χ2v) is 8.55. The molecule has 0 aliphatic rings. The number of ether oxygens (including phenoxy) is 1. The summed E-state index contributed by atoms with van der Waals surface area (Å²) in [4.78, 5) is 52.6. The van der Waals surface area contributed by atoms with Gasteiger partial charge in [0, 0.05) is 48.4 Å². The lowest BCUT2D eigenvalue weighted by Gasteiger charge is -2.23. The van der Waals surface area contributed by atoms with Crippen molar-refractivity contribution in [3.05, 3.63) is 54.2 Å². The van der Waals surface area contributed by atoms with Gasteiger partial charge in [0.1, 0.15) is 12.1 Å². The number of hydrogen-bond donors (Lipinski definition) is 7. The summed E-state index contributed by atoms with van der Waals surface area (Å²) in [5, 5.41) is 6.36. The second kappa shape index (κ2) is 13.1. The van der Waals surface area contributed by atoms with Crippen molar-refractivity contribution in [1.29, 1.82) is 0 Å². The Labute approximate surface area is 213 Å². The number of rotatable bonds is 13. The summed E-state index contributed by atoms with van der Waals surface area (Å²) in [6.07, 6.45) is 5.90. The number of aromatic amines is 2. The molecule has 3 aromatic rings. The van der Waals surface area contributed by atoms with Crippen molar-refractivity contribution in [3.8, 4) is 0 Å². The molecule has 0 fully saturated rings. The van der Waals surface area contributed by atoms with Crippen LogP contribution in [-0.2, 0) is 32.0 Å². The van der Waals surface area contributed by atoms with Gasteiger partial charge >= 0.3 is 5.97 Å². The van der Waals surface area contributed by atoms with Crippen molar-refractivity contribution in [2.24, 2.45) is 22.2 Å². The standard InChI is InChI=1S/C24H33N9O4/c1-37-23(36)19(7-4-8-29-24(26)27)32-22(35)20(9-14-11-30-18-6-3-2-5-16(14)18)33-21(34)17(25)10-15-12-28-13-31-15/h2-3,5-6,11-13,17,19-20,30H,4,7-10,25H2,1H3,(H,28,31)(H,32,35)(H,33,34)(H4,26,27,29)/t17-,19-,20-/m0/s1. The molecular formula is C24H33N9O4. The van der Waals surface area contributed by atoms with Gasteiger partial charge in [0.25, 0.3) is 0 Å². The third kappa shape index (κ3) is 7.80. The molecule has 13 heteroatoms. The summed E-state index contributed by atoms with van der Waals surface area (Å²) in [5.74, 6) is -1.75. The van der Waals surface area contributed by atoms with Gasteiger partial charge in [-0.15, -0.1) is 0 Å². The number of nitrogens with one attached hydrogen (secondary N) is 4. The molecule has 0 saturated carbocycles. The molecule has 2 heterocycles. The van der Waals surface area contributed by atoms with E-state index >= 15 is 0 Å². The molecule has 2 aromatic heterocycles. The van der Waals surface area contributed by atoms with Crippen LogP contribution in [0.3, 0.4) is 0 Å². The third-order valence-corrected chi connectivity index (χ3v) is 5.81. The number of aromatic nitrogens is 3. The Bertz CT molecular complexity index is 1220. The van der Waals surface area contributed by atoms with Crippen LogP contribution in [0.15, 0.2) is 48.0 Å². The van der Waals surface area contributed by atoms with Crippen LogP contribution in [0.1, 0.15) is 24.1 Å². The number of esters is 1. The van der Waals surface area contributed by atoms with Gasteiger partial charge in [-0.25, -0.2) is 9.78 Å². The van der Waals surface area contributed by atoms with E-state index < -0.39 is 35.9 Å². The molecule has 3 atom stereocenters. The molecule has 0 unspecified atom stereocenters. The van der Waals surface area contributed by atoms with Crippen LogP contribution in [0.4, 0.5) is 0 Å². The van der Waals surface area contributed by atoms with Crippen LogP contribution < -0.4 is 27.8 Å². The van der Waals surface area contributed by atoms with Gasteiger partial charge in [-0.3, -0.25) is 14.6 Å². The molecule has 0 radical (unpaired) electrons. The summed E-state index contributed by atoms with van der Waals surface area (Å²) in [7, 11) is 1.23. The average Bonchev–Trinajstić information content (AvgIpc) is 3.54. The van der Waals surface area contributed by atoms with E-state index in [0.717, 1.165) is 16.5 Å². The van der Waals surface area contributed by atoms with Crippen LogP contribution in [-0.4, -0.2) is 70.5 Å². The Morgan fingerprint density at radius 2 is 1.84 bits per heavy atom. The van der Waals surface area contributed by atoms with Gasteiger partial charge in [-0.1, -0.05) is 18.2 Å². The van der Waals surface area contributed by atoms with Gasteiger partial charge in [0.15, 0.2) is 5.96 Å². The fourth-order valence-corrected chi connectivity index (χ4v) is 3.90. The maximum atomic E-state index is 13.4. The van der Waals surface area contributed by atoms with E-state index in [2.05, 4.69) is 30.6 Å². The number of carbonyl (C=O) groups is 3. The third-order valence-electron chi connectivity index (χ3n) is 5.81. The molecule has 13 nitrogen and oxygen atoms in total. The fourth-order valence-electron chi connectivity index (χ4n) is 3.90. The monoisotopic (exact) mass is 511 g/mol. The van der Waals surface area contributed by atoms with Crippen molar-refractivity contribution in [3.63, 3.8) is 0 Å². The highest BCUT2D eigenvalue weighted by molar-refractivity contribution is 5.93. The predicted octanol–water partition coefficient (Wildman–Crippen LogP) is -0.800. The largest absolute Gasteiger partial charge is 0.467 e. The molecule has 0 bridgehead atoms. The number of aliphatic imine (C=N–C) groups is 1. The SMILES string of the molecule is COC(=O)[C@H](CCCN=C(N)N)NC(=O)[C@H](Cc1c[nH]c2ccccc12)NC(=O)[C@@H](N)Cc1cnc[nH]1. The second-order valence-electron chi connectivity index (χ2n) is 8.55. The average molecular weight is 512 g/mol. The van der Waals surface area contributed by atoms with Crippen molar-refractivity contribution in [1.82, 2.24) is 25.6 Å². The van der Waals surface area contributed by atoms with E-state index in [9.17, 15) is 14.4 Å². The summed E-state index contributed by atoms with van der Waals surface area (Å²) < 4.78 is 4.85. The lowest BCUT2D eigenvalue weighted by molar-refractivity contribution is -0.145. The highest BCUT2D eigenvalue weighted by atomic mass is 16.5. The number of nitrogens with two attached hydrogens (primary N) is 3. The number of fused-ring (bicyclic) bond motifs is 1. The zero-order valence-electron chi connectivity index (χ0n) is 20.6. The highest BCUT2D eigenvalue weighted by Gasteiger charge is 2.29. The molecule has 3 rings (SSSR count). The fraction of sp³-hybridized carbons (Fsp3) is 0.375. The number of guanidine groups is 1. The molecule has 0 aliphatic heterocycles. The maximum absolute atomic E-state index is 13.4. The zero-order valence-corrected chi connectivity index (χ0v) is 20.6. The number of carbonyl (C=O) groups excluding carboxylic acids is 3. The Morgan fingerprint density at radius 1 is 1.08 bits per heavy atom. The van der Waals surface area contributed by atoms with Gasteiger partial charge in [-0.2, -0.15) is 0 Å². The highest BCUT2D eigenvalue weighted by Crippen LogP contribution is 2.19. The Hall–Kier alpha value is -4.39. The van der Waals surface area contributed by atoms with Crippen molar-refractivity contribution in [2.75, 3.05) is 13.7 Å². The van der Waals surface area contributed by atoms with E-state index in [4.69, 9.17) is 21.9 Å². The number of para-hydroxylation sites is 1. The van der Waals surface area contributed by atoms with Crippen LogP contribution in [0, 0.1) is 0 Å². The predicted molar refractivity (Wildman–Crippen MR) is 138 cm³/mol. The molecule has 0 saturated heterocycles. The van der Waals surface area contributed by atoms with Gasteiger partial charge < -0.3 is 42.5 Å². The molecule has 198 valence electrons. The van der Waals surface area contributed by atoms with Crippen LogP contribution in [0.25, 0.3) is 10.9 Å². The lowest BCUT2D eigenvalue weighted by Crippen LogP contribution is -2.55. The van der Waals surface area contributed by atoms with Crippen molar-refractivity contribution in [2.45, 2.75) is 43.8 Å². The minimum atomic E-state index is -1.01. The zero-order chi connectivity index (χ0) is 26.8. The Balaban J connectivity index is 1.77. The summed E-state index contributed by atoms with van der Waals surface area (Å²) in [6, 6.07) is 4.73. The van der Waals surface area contributed by atoms with E-state index in [0.29, 0.717) is 12.1 Å². The number of imidazole rings is 1. The summed E-state index contributed by atoms with van der Waals surface area (Å²) in [5.41, 5.74) is 19.2. The topological polar surface area (TPSA) is 219 Å². The van der Waals surface area contributed by atoms with Gasteiger partial charge in [0.2, 0.25) is 11.8 Å². The maximum Gasteiger partial charge on any atom is 0.328 e. The minimum Gasteiger partial charge on any atom is -0.467 e. The quantitative estimate of drug-likeness (QED) is 0.0664. The van der Waals surface area contributed by atoms with Gasteiger partial charge in [-0.05, 0) is 24.5 Å². The van der Waals surface area contributed by atoms with Crippen LogP contribution in [0.2, 0.25) is 0 Å². The molecule has 10 N–H and O–H groups in total. The molecule has 0 spiro atoms. The number of methoxy groups -OCH3 is 1. The number of hydrogen-bond acceptors (Lipinski definition) is 7. The summed E-state index contributed by atoms with van der Waals surface area (Å²) in [6.45, 7) is 0.281. The summed E-state index contributed by atoms with van der Waals surface area (Å²) >= 11 is 0. The first-order chi connectivity index (χ1) is 17.8. The molecule has 37 heavy (non-hydrogen) atoms. The first kappa shape index (κ1) is 27.2. The van der Waals surface area contributed by atoms with E-state index in [1.54, 1.807) is 12.4 Å². The van der Waals surface area contributed by atoms with Crippen LogP contribution in [0.5, 0.6) is 0 Å². The first-order valence-electron chi connectivity index (χ1n) is 11.8. The number of H-pyrrole nitrogens is 2. The lowest BCUT2D eigenvalue weighted by atomic mass is 10.0. The van der Waals surface area contributed by atoms with Crippen molar-refractivity contribution >= 4 is 34.6 Å². The van der Waals surface area contributed by atoms with E-state index in [1.807, 2.05) is 24.3 Å².